The van der Waals surface area contributed by atoms with Crippen molar-refractivity contribution >= 4 is 33.4 Å². The summed E-state index contributed by atoms with van der Waals surface area (Å²) in [6, 6.07) is 14.8. The maximum Gasteiger partial charge on any atom is 0.242 e. The average molecular weight is 508 g/mol. The third-order valence-electron chi connectivity index (χ3n) is 5.55. The SMILES string of the molecule is CCCNC(=O)[C@H](CC)N(Cc1ccccc1Cl)C(=O)CCCN(C)S(=O)(=O)c1ccccc1. The van der Waals surface area contributed by atoms with Gasteiger partial charge in [-0.2, -0.15) is 0 Å². The smallest absolute Gasteiger partial charge is 0.242 e. The summed E-state index contributed by atoms with van der Waals surface area (Å²) >= 11 is 6.33. The topological polar surface area (TPSA) is 86.8 Å². The molecule has 2 aromatic rings. The highest BCUT2D eigenvalue weighted by molar-refractivity contribution is 7.89. The Hall–Kier alpha value is -2.42. The summed E-state index contributed by atoms with van der Waals surface area (Å²) in [4.78, 5) is 27.8. The minimum absolute atomic E-state index is 0.108. The van der Waals surface area contributed by atoms with Gasteiger partial charge in [-0.3, -0.25) is 9.59 Å². The summed E-state index contributed by atoms with van der Waals surface area (Å²) in [5.41, 5.74) is 0.753. The fraction of sp³-hybridized carbons (Fsp3) is 0.440. The van der Waals surface area contributed by atoms with E-state index in [2.05, 4.69) is 5.32 Å². The van der Waals surface area contributed by atoms with Gasteiger partial charge in [-0.25, -0.2) is 12.7 Å². The van der Waals surface area contributed by atoms with Gasteiger partial charge in [0.15, 0.2) is 0 Å². The van der Waals surface area contributed by atoms with Gasteiger partial charge in [0.25, 0.3) is 0 Å². The molecular weight excluding hydrogens is 474 g/mol. The molecule has 0 aliphatic heterocycles. The van der Waals surface area contributed by atoms with Gasteiger partial charge in [-0.15, -0.1) is 0 Å². The maximum atomic E-state index is 13.3. The van der Waals surface area contributed by atoms with Crippen LogP contribution in [0.1, 0.15) is 45.1 Å². The molecule has 0 bridgehead atoms. The number of nitrogens with one attached hydrogen (secondary N) is 1. The lowest BCUT2D eigenvalue weighted by Gasteiger charge is -2.31. The molecular formula is C25H34ClN3O4S. The summed E-state index contributed by atoms with van der Waals surface area (Å²) in [5, 5.41) is 3.40. The van der Waals surface area contributed by atoms with Gasteiger partial charge in [0, 0.05) is 38.1 Å². The molecule has 2 rings (SSSR count). The minimum Gasteiger partial charge on any atom is -0.354 e. The molecule has 7 nitrogen and oxygen atoms in total. The van der Waals surface area contributed by atoms with Crippen molar-refractivity contribution < 1.29 is 18.0 Å². The average Bonchev–Trinajstić information content (AvgIpc) is 2.84. The zero-order chi connectivity index (χ0) is 25.1. The normalized spacial score (nSPS) is 12.4. The van der Waals surface area contributed by atoms with Crippen molar-refractivity contribution in [1.29, 1.82) is 0 Å². The molecule has 0 unspecified atom stereocenters. The highest BCUT2D eigenvalue weighted by atomic mass is 35.5. The Bertz CT molecular complexity index is 1050. The molecule has 186 valence electrons. The molecule has 9 heteroatoms. The van der Waals surface area contributed by atoms with Crippen LogP contribution in [0.15, 0.2) is 59.5 Å². The lowest BCUT2D eigenvalue weighted by Crippen LogP contribution is -2.49. The van der Waals surface area contributed by atoms with E-state index in [-0.39, 0.29) is 36.2 Å². The summed E-state index contributed by atoms with van der Waals surface area (Å²) < 4.78 is 26.7. The quantitative estimate of drug-likeness (QED) is 0.442. The van der Waals surface area contributed by atoms with Crippen molar-refractivity contribution in [3.05, 3.63) is 65.2 Å². The molecule has 0 aliphatic rings. The molecule has 0 saturated carbocycles. The summed E-state index contributed by atoms with van der Waals surface area (Å²) in [6.45, 7) is 4.75. The number of hydrogen-bond acceptors (Lipinski definition) is 4. The van der Waals surface area contributed by atoms with Gasteiger partial charge >= 0.3 is 0 Å². The molecule has 1 N–H and O–H groups in total. The molecule has 34 heavy (non-hydrogen) atoms. The van der Waals surface area contributed by atoms with Crippen molar-refractivity contribution in [2.24, 2.45) is 0 Å². The molecule has 0 aliphatic carbocycles. The monoisotopic (exact) mass is 507 g/mol. The molecule has 0 fully saturated rings. The second-order valence-corrected chi connectivity index (χ2v) is 10.5. The number of nitrogens with zero attached hydrogens (tertiary/aromatic N) is 2. The molecule has 0 saturated heterocycles. The largest absolute Gasteiger partial charge is 0.354 e. The van der Waals surface area contributed by atoms with Crippen molar-refractivity contribution in [3.63, 3.8) is 0 Å². The number of sulfonamides is 1. The van der Waals surface area contributed by atoms with Crippen LogP contribution in [0.4, 0.5) is 0 Å². The molecule has 2 amide bonds. The fourth-order valence-corrected chi connectivity index (χ4v) is 5.01. The summed E-state index contributed by atoms with van der Waals surface area (Å²) in [6.07, 6.45) is 1.68. The van der Waals surface area contributed by atoms with E-state index in [4.69, 9.17) is 11.6 Å². The van der Waals surface area contributed by atoms with Crippen LogP contribution in [0.2, 0.25) is 5.02 Å². The van der Waals surface area contributed by atoms with E-state index < -0.39 is 16.1 Å². The molecule has 0 heterocycles. The van der Waals surface area contributed by atoms with Crippen LogP contribution in [0.3, 0.4) is 0 Å². The Balaban J connectivity index is 2.12. The third-order valence-corrected chi connectivity index (χ3v) is 7.79. The zero-order valence-electron chi connectivity index (χ0n) is 20.0. The van der Waals surface area contributed by atoms with Crippen LogP contribution in [0.25, 0.3) is 0 Å². The van der Waals surface area contributed by atoms with Crippen LogP contribution in [0.5, 0.6) is 0 Å². The molecule has 0 spiro atoms. The van der Waals surface area contributed by atoms with Crippen molar-refractivity contribution in [1.82, 2.24) is 14.5 Å². The van der Waals surface area contributed by atoms with Gasteiger partial charge < -0.3 is 10.2 Å². The Labute approximate surface area is 208 Å². The molecule has 0 aromatic heterocycles. The summed E-state index contributed by atoms with van der Waals surface area (Å²) in [7, 11) is -2.13. The molecule has 1 atom stereocenters. The van der Waals surface area contributed by atoms with Crippen LogP contribution in [0, 0.1) is 0 Å². The number of halogens is 1. The fourth-order valence-electron chi connectivity index (χ4n) is 3.58. The number of amides is 2. The van der Waals surface area contributed by atoms with E-state index >= 15 is 0 Å². The third kappa shape index (κ3) is 7.55. The first-order valence-electron chi connectivity index (χ1n) is 11.5. The number of carbonyl (C=O) groups is 2. The van der Waals surface area contributed by atoms with Crippen molar-refractivity contribution in [3.8, 4) is 0 Å². The van der Waals surface area contributed by atoms with E-state index in [0.29, 0.717) is 24.4 Å². The van der Waals surface area contributed by atoms with Gasteiger partial charge in [-0.05, 0) is 43.0 Å². The maximum absolute atomic E-state index is 13.3. The Morgan fingerprint density at radius 3 is 2.29 bits per heavy atom. The van der Waals surface area contributed by atoms with E-state index in [0.717, 1.165) is 12.0 Å². The highest BCUT2D eigenvalue weighted by Gasteiger charge is 2.29. The molecule has 0 radical (unpaired) electrons. The van der Waals surface area contributed by atoms with Gasteiger partial charge in [0.2, 0.25) is 21.8 Å². The second-order valence-electron chi connectivity index (χ2n) is 8.07. The first-order chi connectivity index (χ1) is 16.2. The van der Waals surface area contributed by atoms with Crippen LogP contribution in [-0.2, 0) is 26.2 Å². The minimum atomic E-state index is -3.63. The van der Waals surface area contributed by atoms with E-state index in [1.807, 2.05) is 32.0 Å². The number of benzene rings is 2. The number of rotatable bonds is 13. The number of hydrogen-bond donors (Lipinski definition) is 1. The Kier molecular flexibility index (Phi) is 11.0. The Morgan fingerprint density at radius 1 is 1.03 bits per heavy atom. The van der Waals surface area contributed by atoms with Gasteiger partial charge in [-0.1, -0.05) is 61.8 Å². The first kappa shape index (κ1) is 27.8. The predicted octanol–water partition coefficient (Wildman–Crippen LogP) is 4.07. The second kappa shape index (κ2) is 13.5. The summed E-state index contributed by atoms with van der Waals surface area (Å²) in [5.74, 6) is -0.419. The van der Waals surface area contributed by atoms with Gasteiger partial charge in [0.05, 0.1) is 4.90 Å². The lowest BCUT2D eigenvalue weighted by molar-refractivity contribution is -0.141. The van der Waals surface area contributed by atoms with E-state index in [9.17, 15) is 18.0 Å². The van der Waals surface area contributed by atoms with E-state index in [1.165, 1.54) is 11.4 Å². The lowest BCUT2D eigenvalue weighted by atomic mass is 10.1. The standard InChI is InChI=1S/C25H34ClN3O4S/c1-4-17-27-25(31)23(5-2)29(19-20-12-9-10-15-22(20)26)24(30)16-11-18-28(3)34(32,33)21-13-7-6-8-14-21/h6-10,12-15,23H,4-5,11,16-19H2,1-3H3,(H,27,31)/t23-/m0/s1. The van der Waals surface area contributed by atoms with Crippen LogP contribution >= 0.6 is 11.6 Å². The van der Waals surface area contributed by atoms with Gasteiger partial charge in [0.1, 0.15) is 6.04 Å². The van der Waals surface area contributed by atoms with Crippen molar-refractivity contribution in [2.45, 2.75) is 57.0 Å². The predicted molar refractivity (Wildman–Crippen MR) is 135 cm³/mol. The van der Waals surface area contributed by atoms with E-state index in [1.54, 1.807) is 41.3 Å². The molecule has 2 aromatic carbocycles. The van der Waals surface area contributed by atoms with Crippen molar-refractivity contribution in [2.75, 3.05) is 20.1 Å². The van der Waals surface area contributed by atoms with Crippen LogP contribution in [-0.4, -0.2) is 55.6 Å². The number of carbonyl (C=O) groups excluding carboxylic acids is 2. The highest BCUT2D eigenvalue weighted by Crippen LogP contribution is 2.21. The first-order valence-corrected chi connectivity index (χ1v) is 13.4. The van der Waals surface area contributed by atoms with Crippen LogP contribution < -0.4 is 5.32 Å². The zero-order valence-corrected chi connectivity index (χ0v) is 21.6. The Morgan fingerprint density at radius 2 is 1.68 bits per heavy atom.